The molecule has 1 heterocycles. The lowest BCUT2D eigenvalue weighted by atomic mass is 10.0. The van der Waals surface area contributed by atoms with E-state index in [9.17, 15) is 0 Å². The van der Waals surface area contributed by atoms with Gasteiger partial charge < -0.3 is 4.74 Å². The summed E-state index contributed by atoms with van der Waals surface area (Å²) in [5.74, 6) is 0.891. The van der Waals surface area contributed by atoms with Crippen molar-refractivity contribution in [1.82, 2.24) is 0 Å². The maximum absolute atomic E-state index is 5.31. The summed E-state index contributed by atoms with van der Waals surface area (Å²) in [5, 5.41) is 1.09. The number of aliphatic imine (C=N–C) groups is 1. The quantitative estimate of drug-likeness (QED) is 0.827. The second-order valence-electron chi connectivity index (χ2n) is 4.38. The van der Waals surface area contributed by atoms with Crippen LogP contribution in [-0.2, 0) is 6.42 Å². The van der Waals surface area contributed by atoms with Gasteiger partial charge in [-0.05, 0) is 36.2 Å². The monoisotopic (exact) mass is 269 g/mol. The van der Waals surface area contributed by atoms with E-state index in [1.165, 1.54) is 16.0 Å². The molecule has 1 aliphatic heterocycles. The predicted octanol–water partition coefficient (Wildman–Crippen LogP) is 3.79. The molecule has 0 unspecified atom stereocenters. The zero-order valence-corrected chi connectivity index (χ0v) is 11.6. The molecule has 0 saturated heterocycles. The molecule has 0 radical (unpaired) electrons. The summed E-state index contributed by atoms with van der Waals surface area (Å²) < 4.78 is 5.31. The van der Waals surface area contributed by atoms with E-state index in [1.807, 2.05) is 12.1 Å². The average molecular weight is 269 g/mol. The minimum absolute atomic E-state index is 0.870. The van der Waals surface area contributed by atoms with Gasteiger partial charge in [-0.2, -0.15) is 0 Å². The summed E-state index contributed by atoms with van der Waals surface area (Å²) in [6.07, 6.45) is 1.01. The van der Waals surface area contributed by atoms with Crippen LogP contribution in [0.15, 0.2) is 58.4 Å². The number of nitrogens with zero attached hydrogens (tertiary/aromatic N) is 1. The second kappa shape index (κ2) is 5.49. The van der Waals surface area contributed by atoms with Crippen molar-refractivity contribution >= 4 is 16.8 Å². The van der Waals surface area contributed by atoms with Crippen LogP contribution in [0, 0.1) is 0 Å². The Balaban J connectivity index is 1.94. The summed E-state index contributed by atoms with van der Waals surface area (Å²) >= 11 is 1.72. The molecule has 0 amide bonds. The van der Waals surface area contributed by atoms with E-state index in [2.05, 4.69) is 41.4 Å². The predicted molar refractivity (Wildman–Crippen MR) is 80.4 cm³/mol. The van der Waals surface area contributed by atoms with Crippen molar-refractivity contribution in [1.29, 1.82) is 0 Å². The molecule has 0 aliphatic carbocycles. The Hall–Kier alpha value is -1.74. The molecule has 0 aromatic heterocycles. The van der Waals surface area contributed by atoms with Gasteiger partial charge in [0.05, 0.1) is 7.11 Å². The molecule has 2 aromatic rings. The number of hydrogen-bond donors (Lipinski definition) is 0. The van der Waals surface area contributed by atoms with Gasteiger partial charge in [-0.3, -0.25) is 4.99 Å². The van der Waals surface area contributed by atoms with Gasteiger partial charge in [0.15, 0.2) is 0 Å². The molecule has 19 heavy (non-hydrogen) atoms. The first kappa shape index (κ1) is 12.3. The number of ether oxygens (including phenoxy) is 1. The Morgan fingerprint density at radius 1 is 1.11 bits per heavy atom. The summed E-state index contributed by atoms with van der Waals surface area (Å²) in [5.41, 5.74) is 2.56. The van der Waals surface area contributed by atoms with Gasteiger partial charge in [0.2, 0.25) is 0 Å². The maximum Gasteiger partial charge on any atom is 0.119 e. The van der Waals surface area contributed by atoms with Gasteiger partial charge >= 0.3 is 0 Å². The van der Waals surface area contributed by atoms with Crippen molar-refractivity contribution in [3.63, 3.8) is 0 Å². The molecule has 0 atom stereocenters. The van der Waals surface area contributed by atoms with E-state index >= 15 is 0 Å². The van der Waals surface area contributed by atoms with Crippen LogP contribution in [0.5, 0.6) is 5.75 Å². The van der Waals surface area contributed by atoms with Crippen molar-refractivity contribution in [3.05, 3.63) is 59.7 Å². The average Bonchev–Trinajstić information content (AvgIpc) is 2.48. The lowest BCUT2D eigenvalue weighted by Gasteiger charge is -2.17. The highest BCUT2D eigenvalue weighted by Crippen LogP contribution is 2.30. The smallest absolute Gasteiger partial charge is 0.119 e. The van der Waals surface area contributed by atoms with Crippen LogP contribution < -0.4 is 4.74 Å². The van der Waals surface area contributed by atoms with E-state index in [4.69, 9.17) is 4.74 Å². The third-order valence-corrected chi connectivity index (χ3v) is 4.19. The maximum atomic E-state index is 5.31. The summed E-state index contributed by atoms with van der Waals surface area (Å²) in [6.45, 7) is 0.870. The molecule has 3 rings (SSSR count). The lowest BCUT2D eigenvalue weighted by molar-refractivity contribution is 0.414. The van der Waals surface area contributed by atoms with Gasteiger partial charge in [-0.15, -0.1) is 0 Å². The van der Waals surface area contributed by atoms with E-state index < -0.39 is 0 Å². The zero-order chi connectivity index (χ0) is 13.1. The topological polar surface area (TPSA) is 21.6 Å². The van der Waals surface area contributed by atoms with Crippen LogP contribution in [0.3, 0.4) is 0 Å². The number of methoxy groups -OCH3 is 1. The number of fused-ring (bicyclic) bond motifs is 1. The molecule has 2 nitrogen and oxygen atoms in total. The van der Waals surface area contributed by atoms with Gasteiger partial charge in [0.25, 0.3) is 0 Å². The second-order valence-corrected chi connectivity index (χ2v) is 5.44. The first-order chi connectivity index (χ1) is 9.36. The number of thioether (sulfide) groups is 1. The molecule has 0 bridgehead atoms. The largest absolute Gasteiger partial charge is 0.497 e. The third-order valence-electron chi connectivity index (χ3n) is 3.14. The Morgan fingerprint density at radius 2 is 1.95 bits per heavy atom. The lowest BCUT2D eigenvalue weighted by Crippen LogP contribution is -2.10. The minimum Gasteiger partial charge on any atom is -0.497 e. The van der Waals surface area contributed by atoms with Crippen molar-refractivity contribution in [3.8, 4) is 5.75 Å². The molecule has 3 heteroatoms. The van der Waals surface area contributed by atoms with Crippen LogP contribution in [0.2, 0.25) is 0 Å². The zero-order valence-electron chi connectivity index (χ0n) is 10.8. The summed E-state index contributed by atoms with van der Waals surface area (Å²) in [7, 11) is 1.70. The van der Waals surface area contributed by atoms with Crippen LogP contribution in [0.25, 0.3) is 0 Å². The van der Waals surface area contributed by atoms with Crippen LogP contribution in [-0.4, -0.2) is 18.7 Å². The molecule has 0 N–H and O–H groups in total. The Morgan fingerprint density at radius 3 is 2.74 bits per heavy atom. The van der Waals surface area contributed by atoms with Crippen LogP contribution >= 0.6 is 11.8 Å². The van der Waals surface area contributed by atoms with E-state index in [-0.39, 0.29) is 0 Å². The molecule has 0 saturated carbocycles. The van der Waals surface area contributed by atoms with Gasteiger partial charge in [-0.1, -0.05) is 36.0 Å². The fraction of sp³-hybridized carbons (Fsp3) is 0.188. The highest BCUT2D eigenvalue weighted by Gasteiger charge is 2.16. The SMILES string of the molecule is COc1ccc2c(c1)C(Sc1ccccc1)=NCC2. The first-order valence-electron chi connectivity index (χ1n) is 6.31. The molecule has 96 valence electrons. The molecule has 2 aromatic carbocycles. The fourth-order valence-electron chi connectivity index (χ4n) is 2.15. The fourth-order valence-corrected chi connectivity index (χ4v) is 3.12. The molecule has 1 aliphatic rings. The normalized spacial score (nSPS) is 13.6. The van der Waals surface area contributed by atoms with Crippen molar-refractivity contribution in [2.45, 2.75) is 11.3 Å². The Labute approximate surface area is 117 Å². The van der Waals surface area contributed by atoms with Crippen molar-refractivity contribution in [2.75, 3.05) is 13.7 Å². The number of rotatable bonds is 2. The van der Waals surface area contributed by atoms with Gasteiger partial charge in [0.1, 0.15) is 10.8 Å². The standard InChI is InChI=1S/C16H15NOS/c1-18-13-8-7-12-9-10-17-16(15(12)11-13)19-14-5-3-2-4-6-14/h2-8,11H,9-10H2,1H3. The van der Waals surface area contributed by atoms with E-state index in [1.54, 1.807) is 18.9 Å². The summed E-state index contributed by atoms with van der Waals surface area (Å²) in [6, 6.07) is 16.6. The van der Waals surface area contributed by atoms with Crippen LogP contribution in [0.1, 0.15) is 11.1 Å². The minimum atomic E-state index is 0.870. The van der Waals surface area contributed by atoms with Gasteiger partial charge in [-0.25, -0.2) is 0 Å². The highest BCUT2D eigenvalue weighted by molar-refractivity contribution is 8.14. The van der Waals surface area contributed by atoms with E-state index in [0.29, 0.717) is 0 Å². The molecule has 0 spiro atoms. The van der Waals surface area contributed by atoms with Gasteiger partial charge in [0, 0.05) is 17.0 Å². The summed E-state index contributed by atoms with van der Waals surface area (Å²) in [4.78, 5) is 5.88. The first-order valence-corrected chi connectivity index (χ1v) is 7.13. The number of benzene rings is 2. The third kappa shape index (κ3) is 2.66. The molecule has 0 fully saturated rings. The van der Waals surface area contributed by atoms with Crippen molar-refractivity contribution in [2.24, 2.45) is 4.99 Å². The number of hydrogen-bond acceptors (Lipinski definition) is 3. The Kier molecular flexibility index (Phi) is 3.56. The van der Waals surface area contributed by atoms with Crippen molar-refractivity contribution < 1.29 is 4.74 Å². The van der Waals surface area contributed by atoms with E-state index in [0.717, 1.165) is 23.8 Å². The van der Waals surface area contributed by atoms with Crippen LogP contribution in [0.4, 0.5) is 0 Å². The highest BCUT2D eigenvalue weighted by atomic mass is 32.2. The molecular weight excluding hydrogens is 254 g/mol. The Bertz CT molecular complexity index is 607. The molecular formula is C16H15NOS.